The van der Waals surface area contributed by atoms with E-state index >= 15 is 0 Å². The van der Waals surface area contributed by atoms with Crippen LogP contribution in [-0.4, -0.2) is 20.6 Å². The van der Waals surface area contributed by atoms with Crippen LogP contribution < -0.4 is 0 Å². The summed E-state index contributed by atoms with van der Waals surface area (Å²) < 4.78 is 1.72. The average molecular weight is 225 g/mol. The monoisotopic (exact) mass is 225 g/mol. The number of rotatable bonds is 1. The van der Waals surface area contributed by atoms with Crippen molar-refractivity contribution in [2.75, 3.05) is 0 Å². The van der Waals surface area contributed by atoms with E-state index in [1.807, 2.05) is 37.3 Å². The summed E-state index contributed by atoms with van der Waals surface area (Å²) in [6.45, 7) is 3.45. The maximum Gasteiger partial charge on any atom is 0.161 e. The van der Waals surface area contributed by atoms with Crippen molar-refractivity contribution in [3.63, 3.8) is 0 Å². The third-order valence-electron chi connectivity index (χ3n) is 3.02. The molecule has 0 radical (unpaired) electrons. The van der Waals surface area contributed by atoms with Crippen LogP contribution in [0.4, 0.5) is 0 Å². The molecule has 0 aliphatic heterocycles. The third kappa shape index (κ3) is 1.34. The Morgan fingerprint density at radius 3 is 2.82 bits per heavy atom. The van der Waals surface area contributed by atoms with Crippen LogP contribution in [0.2, 0.25) is 0 Å². The van der Waals surface area contributed by atoms with Crippen molar-refractivity contribution in [2.45, 2.75) is 13.8 Å². The van der Waals surface area contributed by atoms with Crippen molar-refractivity contribution >= 4 is 22.2 Å². The fourth-order valence-corrected chi connectivity index (χ4v) is 2.13. The quantitative estimate of drug-likeness (QED) is 0.597. The summed E-state index contributed by atoms with van der Waals surface area (Å²) in [7, 11) is 0. The molecule has 0 amide bonds. The molecule has 0 spiro atoms. The van der Waals surface area contributed by atoms with Crippen molar-refractivity contribution in [3.05, 3.63) is 41.6 Å². The minimum absolute atomic E-state index is 0.0529. The van der Waals surface area contributed by atoms with E-state index in [9.17, 15) is 4.79 Å². The van der Waals surface area contributed by atoms with E-state index in [-0.39, 0.29) is 5.78 Å². The second-order valence-corrected chi connectivity index (χ2v) is 4.10. The molecule has 1 aromatic carbocycles. The van der Waals surface area contributed by atoms with Gasteiger partial charge in [-0.05, 0) is 26.0 Å². The van der Waals surface area contributed by atoms with E-state index in [1.54, 1.807) is 11.4 Å². The molecule has 0 unspecified atom stereocenters. The highest BCUT2D eigenvalue weighted by atomic mass is 16.1. The van der Waals surface area contributed by atoms with Gasteiger partial charge in [0.2, 0.25) is 0 Å². The molecule has 0 aliphatic rings. The SMILES string of the molecule is CC(=O)c1cc2c3ccccc3nnn2c1C. The van der Waals surface area contributed by atoms with Crippen LogP contribution in [0.5, 0.6) is 0 Å². The van der Waals surface area contributed by atoms with Crippen molar-refractivity contribution in [1.29, 1.82) is 0 Å². The van der Waals surface area contributed by atoms with Crippen molar-refractivity contribution in [1.82, 2.24) is 14.8 Å². The number of ketones is 1. The maximum absolute atomic E-state index is 11.5. The lowest BCUT2D eigenvalue weighted by atomic mass is 10.1. The number of benzene rings is 1. The first-order valence-corrected chi connectivity index (χ1v) is 5.43. The van der Waals surface area contributed by atoms with E-state index in [0.717, 1.165) is 22.1 Å². The van der Waals surface area contributed by atoms with Crippen molar-refractivity contribution in [3.8, 4) is 0 Å². The molecule has 84 valence electrons. The third-order valence-corrected chi connectivity index (χ3v) is 3.02. The molecule has 4 nitrogen and oxygen atoms in total. The van der Waals surface area contributed by atoms with Crippen LogP contribution in [-0.2, 0) is 0 Å². The average Bonchev–Trinajstić information content (AvgIpc) is 2.67. The number of fused-ring (bicyclic) bond motifs is 3. The molecule has 17 heavy (non-hydrogen) atoms. The van der Waals surface area contributed by atoms with Crippen LogP contribution in [0.25, 0.3) is 16.4 Å². The van der Waals surface area contributed by atoms with E-state index in [2.05, 4.69) is 10.3 Å². The van der Waals surface area contributed by atoms with Gasteiger partial charge in [-0.1, -0.05) is 23.4 Å². The fraction of sp³-hybridized carbons (Fsp3) is 0.154. The van der Waals surface area contributed by atoms with Gasteiger partial charge in [-0.25, -0.2) is 4.52 Å². The topological polar surface area (TPSA) is 47.3 Å². The summed E-state index contributed by atoms with van der Waals surface area (Å²) >= 11 is 0. The first kappa shape index (κ1) is 9.96. The number of hydrogen-bond acceptors (Lipinski definition) is 3. The standard InChI is InChI=1S/C13H11N3O/c1-8-11(9(2)17)7-13-10-5-3-4-6-12(10)14-15-16(8)13/h3-7H,1-2H3. The molecule has 0 fully saturated rings. The van der Waals surface area contributed by atoms with Gasteiger partial charge in [0, 0.05) is 10.9 Å². The fourth-order valence-electron chi connectivity index (χ4n) is 2.13. The molecule has 4 heteroatoms. The Balaban J connectivity index is 2.51. The Hall–Kier alpha value is -2.23. The Bertz CT molecular complexity index is 743. The van der Waals surface area contributed by atoms with Crippen molar-refractivity contribution in [2.24, 2.45) is 0 Å². The van der Waals surface area contributed by atoms with Gasteiger partial charge in [-0.2, -0.15) is 0 Å². The molecule has 2 heterocycles. The molecule has 2 aromatic heterocycles. The highest BCUT2D eigenvalue weighted by Gasteiger charge is 2.13. The molecular formula is C13H11N3O. The zero-order chi connectivity index (χ0) is 12.0. The summed E-state index contributed by atoms with van der Waals surface area (Å²) in [6.07, 6.45) is 0. The van der Waals surface area contributed by atoms with Gasteiger partial charge in [-0.15, -0.1) is 5.10 Å². The van der Waals surface area contributed by atoms with Gasteiger partial charge in [-0.3, -0.25) is 4.79 Å². The van der Waals surface area contributed by atoms with Gasteiger partial charge in [0.25, 0.3) is 0 Å². The summed E-state index contributed by atoms with van der Waals surface area (Å²) in [5.41, 5.74) is 3.31. The van der Waals surface area contributed by atoms with Gasteiger partial charge >= 0.3 is 0 Å². The van der Waals surface area contributed by atoms with E-state index < -0.39 is 0 Å². The van der Waals surface area contributed by atoms with Crippen LogP contribution in [0.15, 0.2) is 30.3 Å². The summed E-state index contributed by atoms with van der Waals surface area (Å²) in [5.74, 6) is 0.0529. The molecule has 0 aliphatic carbocycles. The number of carbonyl (C=O) groups excluding carboxylic acids is 1. The summed E-state index contributed by atoms with van der Waals surface area (Å²) in [6, 6.07) is 9.67. The highest BCUT2D eigenvalue weighted by molar-refractivity contribution is 6.01. The molecule has 0 bridgehead atoms. The molecular weight excluding hydrogens is 214 g/mol. The molecule has 0 saturated carbocycles. The smallest absolute Gasteiger partial charge is 0.161 e. The molecule has 0 N–H and O–H groups in total. The highest BCUT2D eigenvalue weighted by Crippen LogP contribution is 2.22. The van der Waals surface area contributed by atoms with Crippen LogP contribution in [0.3, 0.4) is 0 Å². The Morgan fingerprint density at radius 1 is 1.29 bits per heavy atom. The zero-order valence-electron chi connectivity index (χ0n) is 9.64. The minimum atomic E-state index is 0.0529. The number of Topliss-reactive ketones (excluding diaryl/α,β-unsaturated/α-hetero) is 1. The number of hydrogen-bond donors (Lipinski definition) is 0. The molecule has 3 rings (SSSR count). The lowest BCUT2D eigenvalue weighted by Gasteiger charge is -1.99. The first-order valence-electron chi connectivity index (χ1n) is 5.43. The van der Waals surface area contributed by atoms with Crippen LogP contribution in [0, 0.1) is 6.92 Å². The molecule has 0 atom stereocenters. The number of aryl methyl sites for hydroxylation is 1. The van der Waals surface area contributed by atoms with E-state index in [4.69, 9.17) is 0 Å². The second-order valence-electron chi connectivity index (χ2n) is 4.10. The van der Waals surface area contributed by atoms with Gasteiger partial charge in [0.1, 0.15) is 0 Å². The van der Waals surface area contributed by atoms with Gasteiger partial charge in [0.05, 0.1) is 16.7 Å². The summed E-state index contributed by atoms with van der Waals surface area (Å²) in [4.78, 5) is 11.5. The molecule has 3 aromatic rings. The van der Waals surface area contributed by atoms with Crippen molar-refractivity contribution < 1.29 is 4.79 Å². The van der Waals surface area contributed by atoms with Crippen LogP contribution in [0.1, 0.15) is 23.0 Å². The lowest BCUT2D eigenvalue weighted by molar-refractivity contribution is 0.101. The summed E-state index contributed by atoms with van der Waals surface area (Å²) in [5, 5.41) is 9.28. The van der Waals surface area contributed by atoms with Crippen LogP contribution >= 0.6 is 0 Å². The lowest BCUT2D eigenvalue weighted by Crippen LogP contribution is -1.99. The predicted octanol–water partition coefficient (Wildman–Crippen LogP) is 2.39. The predicted molar refractivity (Wildman–Crippen MR) is 65.2 cm³/mol. The van der Waals surface area contributed by atoms with E-state index in [0.29, 0.717) is 5.56 Å². The Labute approximate surface area is 97.9 Å². The zero-order valence-corrected chi connectivity index (χ0v) is 9.64. The largest absolute Gasteiger partial charge is 0.294 e. The normalized spacial score (nSPS) is 11.2. The molecule has 0 saturated heterocycles. The number of carbonyl (C=O) groups is 1. The van der Waals surface area contributed by atoms with E-state index in [1.165, 1.54) is 0 Å². The maximum atomic E-state index is 11.5. The number of aromatic nitrogens is 3. The number of nitrogens with zero attached hydrogens (tertiary/aromatic N) is 3. The van der Waals surface area contributed by atoms with Gasteiger partial charge in [0.15, 0.2) is 5.78 Å². The Kier molecular flexibility index (Phi) is 1.98. The minimum Gasteiger partial charge on any atom is -0.294 e. The Morgan fingerprint density at radius 2 is 2.06 bits per heavy atom. The second kappa shape index (κ2) is 3.38. The first-order chi connectivity index (χ1) is 8.18. The van der Waals surface area contributed by atoms with Gasteiger partial charge < -0.3 is 0 Å².